The van der Waals surface area contributed by atoms with Crippen molar-refractivity contribution in [3.05, 3.63) is 97.6 Å². The van der Waals surface area contributed by atoms with Crippen LogP contribution in [0.2, 0.25) is 0 Å². The van der Waals surface area contributed by atoms with Gasteiger partial charge in [-0.25, -0.2) is 4.79 Å². The Bertz CT molecular complexity index is 1000. The van der Waals surface area contributed by atoms with Crippen molar-refractivity contribution < 1.29 is 9.53 Å². The Labute approximate surface area is 182 Å². The summed E-state index contributed by atoms with van der Waals surface area (Å²) >= 11 is 0. The summed E-state index contributed by atoms with van der Waals surface area (Å²) in [5.74, 6) is -0.686. The predicted molar refractivity (Wildman–Crippen MR) is 124 cm³/mol. The Morgan fingerprint density at radius 3 is 1.97 bits per heavy atom. The van der Waals surface area contributed by atoms with Crippen LogP contribution in [-0.4, -0.2) is 25.7 Å². The zero-order chi connectivity index (χ0) is 22.5. The van der Waals surface area contributed by atoms with Crippen molar-refractivity contribution >= 4 is 29.1 Å². The van der Waals surface area contributed by atoms with Gasteiger partial charge in [-0.1, -0.05) is 36.9 Å². The highest BCUT2D eigenvalue weighted by molar-refractivity contribution is 5.97. The van der Waals surface area contributed by atoms with E-state index in [1.165, 1.54) is 12.2 Å². The maximum Gasteiger partial charge on any atom is 0.349 e. The van der Waals surface area contributed by atoms with E-state index < -0.39 is 5.97 Å². The van der Waals surface area contributed by atoms with Gasteiger partial charge in [-0.15, -0.1) is 13.2 Å². The minimum absolute atomic E-state index is 0.0543. The number of anilines is 1. The molecule has 0 saturated heterocycles. The summed E-state index contributed by atoms with van der Waals surface area (Å²) in [7, 11) is 0. The predicted octanol–water partition coefficient (Wildman–Crippen LogP) is 5.92. The average molecular weight is 412 g/mol. The van der Waals surface area contributed by atoms with Crippen LogP contribution in [0.25, 0.3) is 6.08 Å². The number of carbonyl (C=O) groups excluding carboxylic acids is 1. The van der Waals surface area contributed by atoms with E-state index in [0.717, 1.165) is 24.5 Å². The first-order chi connectivity index (χ1) is 15.1. The fourth-order valence-corrected chi connectivity index (χ4v) is 2.60. The van der Waals surface area contributed by atoms with Crippen LogP contribution < -0.4 is 4.90 Å². The van der Waals surface area contributed by atoms with E-state index in [9.17, 15) is 4.79 Å². The molecule has 0 unspecified atom stereocenters. The molecule has 0 heterocycles. The first-order valence-corrected chi connectivity index (χ1v) is 9.59. The molecule has 6 heteroatoms. The zero-order valence-electron chi connectivity index (χ0n) is 17.3. The van der Waals surface area contributed by atoms with Crippen LogP contribution in [0.1, 0.15) is 5.56 Å². The summed E-state index contributed by atoms with van der Waals surface area (Å²) in [6.07, 6.45) is 6.60. The van der Waals surface area contributed by atoms with Gasteiger partial charge in [-0.2, -0.15) is 15.5 Å². The number of esters is 1. The van der Waals surface area contributed by atoms with Gasteiger partial charge in [-0.3, -0.25) is 0 Å². The molecule has 0 aliphatic carbocycles. The third-order valence-electron chi connectivity index (χ3n) is 4.07. The molecule has 0 aromatic heterocycles. The number of carbonyl (C=O) groups is 1. The molecular weight excluding hydrogens is 388 g/mol. The van der Waals surface area contributed by atoms with Crippen molar-refractivity contribution in [1.82, 2.24) is 0 Å². The third kappa shape index (κ3) is 7.26. The Kier molecular flexibility index (Phi) is 9.18. The number of rotatable bonds is 11. The van der Waals surface area contributed by atoms with Crippen molar-refractivity contribution in [2.24, 2.45) is 10.2 Å². The molecule has 2 rings (SSSR count). The second-order valence-electron chi connectivity index (χ2n) is 6.35. The van der Waals surface area contributed by atoms with Gasteiger partial charge in [0.2, 0.25) is 0 Å². The fourth-order valence-electron chi connectivity index (χ4n) is 2.60. The summed E-state index contributed by atoms with van der Waals surface area (Å²) < 4.78 is 4.88. The molecule has 156 valence electrons. The van der Waals surface area contributed by atoms with Crippen LogP contribution in [0.5, 0.6) is 0 Å². The van der Waals surface area contributed by atoms with Crippen molar-refractivity contribution in [3.8, 4) is 6.07 Å². The summed E-state index contributed by atoms with van der Waals surface area (Å²) in [5.41, 5.74) is 3.02. The highest BCUT2D eigenvalue weighted by atomic mass is 16.5. The lowest BCUT2D eigenvalue weighted by atomic mass is 10.1. The highest BCUT2D eigenvalue weighted by Crippen LogP contribution is 2.23. The van der Waals surface area contributed by atoms with Gasteiger partial charge < -0.3 is 9.64 Å². The van der Waals surface area contributed by atoms with Crippen LogP contribution in [0.15, 0.2) is 102 Å². The summed E-state index contributed by atoms with van der Waals surface area (Å²) in [6, 6.07) is 16.6. The molecule has 0 fully saturated rings. The van der Waals surface area contributed by atoms with Crippen LogP contribution in [0.4, 0.5) is 17.1 Å². The van der Waals surface area contributed by atoms with Crippen molar-refractivity contribution in [1.29, 1.82) is 5.26 Å². The molecule has 0 spiro atoms. The Hall–Kier alpha value is -4.24. The van der Waals surface area contributed by atoms with Gasteiger partial charge >= 0.3 is 5.97 Å². The number of hydrogen-bond donors (Lipinski definition) is 0. The molecule has 0 aliphatic heterocycles. The summed E-state index contributed by atoms with van der Waals surface area (Å²) in [5, 5.41) is 17.6. The first kappa shape index (κ1) is 23.0. The number of hydrogen-bond acceptors (Lipinski definition) is 6. The fraction of sp³-hybridized carbons (Fsp3) is 0.120. The Morgan fingerprint density at radius 1 is 0.935 bits per heavy atom. The third-order valence-corrected chi connectivity index (χ3v) is 4.07. The van der Waals surface area contributed by atoms with Crippen molar-refractivity contribution in [2.45, 2.75) is 0 Å². The normalized spacial score (nSPS) is 10.9. The van der Waals surface area contributed by atoms with E-state index in [-0.39, 0.29) is 12.2 Å². The molecule has 0 radical (unpaired) electrons. The lowest BCUT2D eigenvalue weighted by molar-refractivity contribution is -0.137. The smallest absolute Gasteiger partial charge is 0.349 e. The van der Waals surface area contributed by atoms with Gasteiger partial charge in [0.15, 0.2) is 0 Å². The van der Waals surface area contributed by atoms with Crippen molar-refractivity contribution in [3.63, 3.8) is 0 Å². The minimum atomic E-state index is -0.686. The summed E-state index contributed by atoms with van der Waals surface area (Å²) in [4.78, 5) is 13.9. The van der Waals surface area contributed by atoms with Crippen LogP contribution in [-0.2, 0) is 9.53 Å². The Balaban J connectivity index is 2.07. The van der Waals surface area contributed by atoms with E-state index in [0.29, 0.717) is 11.3 Å². The molecule has 31 heavy (non-hydrogen) atoms. The SMILES string of the molecule is C=CCOC(=O)/C(C#N)=C\c1ccc(N=Nc2ccc(N(CC=C)CC=C)cc2)cc1. The van der Waals surface area contributed by atoms with Crippen LogP contribution in [0, 0.1) is 11.3 Å². The van der Waals surface area contributed by atoms with E-state index in [1.807, 2.05) is 42.5 Å². The average Bonchev–Trinajstić information content (AvgIpc) is 2.80. The standard InChI is InChI=1S/C25H24N4O2/c1-4-15-29(16-5-2)24-13-11-23(12-14-24)28-27-22-9-7-20(8-10-22)18-21(19-26)25(30)31-17-6-3/h4-14,18H,1-3,15-17H2/b21-18-,28-27?. The van der Waals surface area contributed by atoms with E-state index in [2.05, 4.69) is 34.9 Å². The highest BCUT2D eigenvalue weighted by Gasteiger charge is 2.09. The maximum absolute atomic E-state index is 11.8. The number of nitrogens with zero attached hydrogens (tertiary/aromatic N) is 4. The number of nitriles is 1. The van der Waals surface area contributed by atoms with Gasteiger partial charge in [0.05, 0.1) is 11.4 Å². The maximum atomic E-state index is 11.8. The second kappa shape index (κ2) is 12.3. The molecule has 2 aromatic carbocycles. The van der Waals surface area contributed by atoms with Gasteiger partial charge in [0, 0.05) is 18.8 Å². The molecule has 0 aliphatic rings. The van der Waals surface area contributed by atoms with Gasteiger partial charge in [-0.05, 0) is 48.0 Å². The van der Waals surface area contributed by atoms with Crippen molar-refractivity contribution in [2.75, 3.05) is 24.6 Å². The van der Waals surface area contributed by atoms with Crippen LogP contribution >= 0.6 is 0 Å². The molecule has 0 amide bonds. The first-order valence-electron chi connectivity index (χ1n) is 9.59. The zero-order valence-corrected chi connectivity index (χ0v) is 17.3. The molecule has 0 atom stereocenters. The lowest BCUT2D eigenvalue weighted by Gasteiger charge is -2.21. The molecule has 6 nitrogen and oxygen atoms in total. The molecular formula is C25H24N4O2. The molecule has 0 saturated carbocycles. The van der Waals surface area contributed by atoms with Crippen LogP contribution in [0.3, 0.4) is 0 Å². The quantitative estimate of drug-likeness (QED) is 0.151. The summed E-state index contributed by atoms with van der Waals surface area (Å²) in [6.45, 7) is 12.5. The second-order valence-corrected chi connectivity index (χ2v) is 6.35. The Morgan fingerprint density at radius 2 is 1.48 bits per heavy atom. The number of ether oxygens (including phenoxy) is 1. The molecule has 0 bridgehead atoms. The topological polar surface area (TPSA) is 78.0 Å². The number of benzene rings is 2. The van der Waals surface area contributed by atoms with E-state index >= 15 is 0 Å². The molecule has 2 aromatic rings. The van der Waals surface area contributed by atoms with E-state index in [1.54, 1.807) is 24.3 Å². The minimum Gasteiger partial charge on any atom is -0.457 e. The van der Waals surface area contributed by atoms with Gasteiger partial charge in [0.1, 0.15) is 18.2 Å². The molecule has 0 N–H and O–H groups in total. The lowest BCUT2D eigenvalue weighted by Crippen LogP contribution is -2.22. The largest absolute Gasteiger partial charge is 0.457 e. The monoisotopic (exact) mass is 412 g/mol. The number of azo groups is 1. The van der Waals surface area contributed by atoms with Gasteiger partial charge in [0.25, 0.3) is 0 Å². The van der Waals surface area contributed by atoms with E-state index in [4.69, 9.17) is 10.00 Å².